The van der Waals surface area contributed by atoms with Crippen molar-refractivity contribution >= 4 is 11.7 Å². The van der Waals surface area contributed by atoms with Gasteiger partial charge < -0.3 is 21.1 Å². The second-order valence-electron chi connectivity index (χ2n) is 4.95. The third kappa shape index (κ3) is 4.42. The summed E-state index contributed by atoms with van der Waals surface area (Å²) in [5.41, 5.74) is 6.50. The Hall–Kier alpha value is -1.75. The highest BCUT2D eigenvalue weighted by atomic mass is 16.5. The highest BCUT2D eigenvalue weighted by Crippen LogP contribution is 2.23. The van der Waals surface area contributed by atoms with E-state index in [2.05, 4.69) is 24.5 Å². The van der Waals surface area contributed by atoms with Gasteiger partial charge in [-0.15, -0.1) is 0 Å². The number of anilines is 1. The molecular formula is C15H25N3O2. The number of hydrogen-bond donors (Lipinski definition) is 3. The number of nitrogens with one attached hydrogen (secondary N) is 2. The van der Waals surface area contributed by atoms with Crippen molar-refractivity contribution in [2.75, 3.05) is 25.5 Å². The highest BCUT2D eigenvalue weighted by molar-refractivity contribution is 5.89. The molecule has 0 aromatic heterocycles. The van der Waals surface area contributed by atoms with Crippen molar-refractivity contribution in [3.05, 3.63) is 24.3 Å². The van der Waals surface area contributed by atoms with Gasteiger partial charge in [-0.1, -0.05) is 19.9 Å². The second-order valence-corrected chi connectivity index (χ2v) is 4.95. The molecule has 2 amide bonds. The molecule has 0 saturated carbocycles. The Morgan fingerprint density at radius 2 is 2.05 bits per heavy atom. The molecule has 1 aromatic carbocycles. The quantitative estimate of drug-likeness (QED) is 0.718. The SMILES string of the molecule is CCC(CC)(CN)CNC(=O)Nc1cccc(OC)c1. The van der Waals surface area contributed by atoms with Crippen LogP contribution in [0, 0.1) is 5.41 Å². The van der Waals surface area contributed by atoms with Crippen LogP contribution in [0.25, 0.3) is 0 Å². The van der Waals surface area contributed by atoms with Gasteiger partial charge in [-0.05, 0) is 36.9 Å². The van der Waals surface area contributed by atoms with Gasteiger partial charge in [0.05, 0.1) is 7.11 Å². The molecule has 0 radical (unpaired) electrons. The smallest absolute Gasteiger partial charge is 0.319 e. The number of carbonyl (C=O) groups excluding carboxylic acids is 1. The van der Waals surface area contributed by atoms with Crippen LogP contribution in [0.5, 0.6) is 5.75 Å². The first-order valence-electron chi connectivity index (χ1n) is 6.98. The maximum Gasteiger partial charge on any atom is 0.319 e. The van der Waals surface area contributed by atoms with Crippen molar-refractivity contribution in [1.29, 1.82) is 0 Å². The fourth-order valence-electron chi connectivity index (χ4n) is 2.00. The lowest BCUT2D eigenvalue weighted by Gasteiger charge is -2.30. The van der Waals surface area contributed by atoms with Crippen molar-refractivity contribution < 1.29 is 9.53 Å². The van der Waals surface area contributed by atoms with E-state index in [4.69, 9.17) is 10.5 Å². The largest absolute Gasteiger partial charge is 0.497 e. The molecule has 112 valence electrons. The number of methoxy groups -OCH3 is 1. The summed E-state index contributed by atoms with van der Waals surface area (Å²) in [4.78, 5) is 11.9. The molecule has 0 unspecified atom stereocenters. The van der Waals surface area contributed by atoms with E-state index in [0.717, 1.165) is 12.8 Å². The Morgan fingerprint density at radius 3 is 2.60 bits per heavy atom. The lowest BCUT2D eigenvalue weighted by Crippen LogP contribution is -2.43. The Morgan fingerprint density at radius 1 is 1.35 bits per heavy atom. The minimum atomic E-state index is -0.224. The third-order valence-corrected chi connectivity index (χ3v) is 3.88. The molecule has 20 heavy (non-hydrogen) atoms. The molecule has 0 spiro atoms. The van der Waals surface area contributed by atoms with E-state index in [-0.39, 0.29) is 11.4 Å². The number of nitrogens with two attached hydrogens (primary N) is 1. The first-order chi connectivity index (χ1) is 9.59. The summed E-state index contributed by atoms with van der Waals surface area (Å²) in [6.07, 6.45) is 1.89. The van der Waals surface area contributed by atoms with Gasteiger partial charge in [0, 0.05) is 18.3 Å². The van der Waals surface area contributed by atoms with Crippen LogP contribution >= 0.6 is 0 Å². The van der Waals surface area contributed by atoms with Gasteiger partial charge in [0.1, 0.15) is 5.75 Å². The van der Waals surface area contributed by atoms with Gasteiger partial charge in [-0.2, -0.15) is 0 Å². The summed E-state index contributed by atoms with van der Waals surface area (Å²) in [6.45, 7) is 5.34. The van der Waals surface area contributed by atoms with E-state index in [9.17, 15) is 4.79 Å². The molecule has 0 bridgehead atoms. The molecular weight excluding hydrogens is 254 g/mol. The molecule has 0 aliphatic carbocycles. The van der Waals surface area contributed by atoms with Crippen LogP contribution in [0.2, 0.25) is 0 Å². The minimum absolute atomic E-state index is 0.0221. The van der Waals surface area contributed by atoms with Crippen molar-refractivity contribution in [2.24, 2.45) is 11.1 Å². The predicted molar refractivity (Wildman–Crippen MR) is 82.1 cm³/mol. The van der Waals surface area contributed by atoms with Crippen LogP contribution in [0.4, 0.5) is 10.5 Å². The fraction of sp³-hybridized carbons (Fsp3) is 0.533. The number of urea groups is 1. The average molecular weight is 279 g/mol. The maximum atomic E-state index is 11.9. The zero-order chi connectivity index (χ0) is 15.0. The number of rotatable bonds is 7. The number of amides is 2. The number of benzene rings is 1. The normalized spacial score (nSPS) is 11.0. The molecule has 5 heteroatoms. The van der Waals surface area contributed by atoms with Crippen LogP contribution in [-0.2, 0) is 0 Å². The number of ether oxygens (including phenoxy) is 1. The molecule has 1 rings (SSSR count). The van der Waals surface area contributed by atoms with Gasteiger partial charge in [0.25, 0.3) is 0 Å². The van der Waals surface area contributed by atoms with Crippen LogP contribution in [-0.4, -0.2) is 26.2 Å². The van der Waals surface area contributed by atoms with Crippen molar-refractivity contribution in [2.45, 2.75) is 26.7 Å². The third-order valence-electron chi connectivity index (χ3n) is 3.88. The fourth-order valence-corrected chi connectivity index (χ4v) is 2.00. The summed E-state index contributed by atoms with van der Waals surface area (Å²) >= 11 is 0. The van der Waals surface area contributed by atoms with Crippen molar-refractivity contribution in [3.8, 4) is 5.75 Å². The summed E-state index contributed by atoms with van der Waals surface area (Å²) in [6, 6.07) is 7.03. The minimum Gasteiger partial charge on any atom is -0.497 e. The van der Waals surface area contributed by atoms with Gasteiger partial charge in [-0.25, -0.2) is 4.79 Å². The maximum absolute atomic E-state index is 11.9. The predicted octanol–water partition coefficient (Wildman–Crippen LogP) is 2.58. The van der Waals surface area contributed by atoms with Gasteiger partial charge in [0.15, 0.2) is 0 Å². The highest BCUT2D eigenvalue weighted by Gasteiger charge is 2.24. The van der Waals surface area contributed by atoms with Gasteiger partial charge >= 0.3 is 6.03 Å². The first kappa shape index (κ1) is 16.3. The lowest BCUT2D eigenvalue weighted by atomic mass is 9.82. The molecule has 0 atom stereocenters. The van der Waals surface area contributed by atoms with E-state index < -0.39 is 0 Å². The summed E-state index contributed by atoms with van der Waals surface area (Å²) < 4.78 is 5.11. The van der Waals surface area contributed by atoms with Gasteiger partial charge in [-0.3, -0.25) is 0 Å². The van der Waals surface area contributed by atoms with E-state index in [0.29, 0.717) is 24.5 Å². The Bertz CT molecular complexity index is 423. The number of carbonyl (C=O) groups is 1. The van der Waals surface area contributed by atoms with Crippen LogP contribution in [0.3, 0.4) is 0 Å². The van der Waals surface area contributed by atoms with E-state index in [1.54, 1.807) is 13.2 Å². The molecule has 4 N–H and O–H groups in total. The summed E-state index contributed by atoms with van der Waals surface area (Å²) in [5, 5.41) is 5.68. The van der Waals surface area contributed by atoms with Crippen LogP contribution < -0.4 is 21.1 Å². The molecule has 1 aromatic rings. The van der Waals surface area contributed by atoms with E-state index >= 15 is 0 Å². The lowest BCUT2D eigenvalue weighted by molar-refractivity contribution is 0.232. The topological polar surface area (TPSA) is 76.4 Å². The average Bonchev–Trinajstić information content (AvgIpc) is 2.49. The monoisotopic (exact) mass is 279 g/mol. The standard InChI is InChI=1S/C15H25N3O2/c1-4-15(5-2,10-16)11-17-14(19)18-12-7-6-8-13(9-12)20-3/h6-9H,4-5,10-11,16H2,1-3H3,(H2,17,18,19). The molecule has 0 fully saturated rings. The Balaban J connectivity index is 2.55. The molecule has 0 aliphatic rings. The second kappa shape index (κ2) is 7.75. The Kier molecular flexibility index (Phi) is 6.31. The van der Waals surface area contributed by atoms with E-state index in [1.807, 2.05) is 18.2 Å². The van der Waals surface area contributed by atoms with E-state index in [1.165, 1.54) is 0 Å². The van der Waals surface area contributed by atoms with Crippen molar-refractivity contribution in [3.63, 3.8) is 0 Å². The zero-order valence-corrected chi connectivity index (χ0v) is 12.5. The summed E-state index contributed by atoms with van der Waals surface area (Å²) in [5.74, 6) is 0.709. The van der Waals surface area contributed by atoms with Gasteiger partial charge in [0.2, 0.25) is 0 Å². The van der Waals surface area contributed by atoms with Crippen LogP contribution in [0.1, 0.15) is 26.7 Å². The first-order valence-corrected chi connectivity index (χ1v) is 6.98. The molecule has 0 saturated heterocycles. The summed E-state index contributed by atoms with van der Waals surface area (Å²) in [7, 11) is 1.59. The van der Waals surface area contributed by atoms with Crippen LogP contribution in [0.15, 0.2) is 24.3 Å². The Labute approximate surface area is 120 Å². The van der Waals surface area contributed by atoms with Crippen molar-refractivity contribution in [1.82, 2.24) is 5.32 Å². The molecule has 5 nitrogen and oxygen atoms in total. The number of hydrogen-bond acceptors (Lipinski definition) is 3. The zero-order valence-electron chi connectivity index (χ0n) is 12.5. The molecule has 0 heterocycles. The molecule has 0 aliphatic heterocycles.